The van der Waals surface area contributed by atoms with Crippen LogP contribution in [0.25, 0.3) is 0 Å². The van der Waals surface area contributed by atoms with Gasteiger partial charge in [-0.2, -0.15) is 5.26 Å². The van der Waals surface area contributed by atoms with E-state index in [2.05, 4.69) is 11.4 Å². The molecule has 5 heteroatoms. The predicted molar refractivity (Wildman–Crippen MR) is 85.8 cm³/mol. The van der Waals surface area contributed by atoms with Crippen molar-refractivity contribution in [3.05, 3.63) is 59.7 Å². The molecule has 0 bridgehead atoms. The number of rotatable bonds is 4. The first kappa shape index (κ1) is 15.1. The average molecular weight is 307 g/mol. The van der Waals surface area contributed by atoms with E-state index in [9.17, 15) is 4.79 Å². The molecular weight excluding hydrogens is 290 g/mol. The molecule has 5 nitrogen and oxygen atoms in total. The number of nitrogens with one attached hydrogen (secondary N) is 1. The first-order chi connectivity index (χ1) is 11.2. The molecule has 3 rings (SSSR count). The molecule has 1 amide bonds. The van der Waals surface area contributed by atoms with E-state index < -0.39 is 0 Å². The van der Waals surface area contributed by atoms with E-state index in [0.29, 0.717) is 17.1 Å². The summed E-state index contributed by atoms with van der Waals surface area (Å²) >= 11 is 0. The Hall–Kier alpha value is -2.84. The van der Waals surface area contributed by atoms with Crippen LogP contribution in [0.3, 0.4) is 0 Å². The normalized spacial score (nSPS) is 20.0. The van der Waals surface area contributed by atoms with Crippen molar-refractivity contribution < 1.29 is 9.53 Å². The van der Waals surface area contributed by atoms with Crippen molar-refractivity contribution in [1.82, 2.24) is 5.32 Å². The summed E-state index contributed by atoms with van der Waals surface area (Å²) in [6.45, 7) is 0. The van der Waals surface area contributed by atoms with Crippen LogP contribution in [0.4, 0.5) is 0 Å². The Morgan fingerprint density at radius 3 is 2.57 bits per heavy atom. The third-order valence-corrected chi connectivity index (χ3v) is 4.01. The number of benzene rings is 2. The molecule has 0 radical (unpaired) electrons. The van der Waals surface area contributed by atoms with Crippen LogP contribution < -0.4 is 15.8 Å². The van der Waals surface area contributed by atoms with E-state index >= 15 is 0 Å². The molecular formula is C18H17N3O2. The van der Waals surface area contributed by atoms with Gasteiger partial charge >= 0.3 is 0 Å². The second-order valence-electron chi connectivity index (χ2n) is 5.53. The second kappa shape index (κ2) is 6.51. The van der Waals surface area contributed by atoms with E-state index in [-0.39, 0.29) is 18.0 Å². The summed E-state index contributed by atoms with van der Waals surface area (Å²) in [6, 6.07) is 16.8. The standard InChI is InChI=1S/C18H17N3O2/c19-11-13-3-1-2-4-17(13)23-14-7-5-12(6-8-14)15-9-10-16(21-15)18(20)22/h1-8,15-16,21H,9-10H2,(H2,20,22)/t15-,16+/m1/s1. The molecule has 0 saturated carbocycles. The van der Waals surface area contributed by atoms with Crippen LogP contribution in [0.2, 0.25) is 0 Å². The van der Waals surface area contributed by atoms with E-state index in [1.807, 2.05) is 30.3 Å². The molecule has 1 saturated heterocycles. The van der Waals surface area contributed by atoms with Crippen molar-refractivity contribution in [3.8, 4) is 17.6 Å². The van der Waals surface area contributed by atoms with Crippen molar-refractivity contribution in [2.24, 2.45) is 5.73 Å². The van der Waals surface area contributed by atoms with E-state index in [4.69, 9.17) is 15.7 Å². The van der Waals surface area contributed by atoms with Crippen molar-refractivity contribution in [2.75, 3.05) is 0 Å². The number of hydrogen-bond donors (Lipinski definition) is 2. The van der Waals surface area contributed by atoms with Gasteiger partial charge in [-0.1, -0.05) is 24.3 Å². The van der Waals surface area contributed by atoms with Crippen molar-refractivity contribution in [2.45, 2.75) is 24.9 Å². The number of nitriles is 1. The van der Waals surface area contributed by atoms with Crippen LogP contribution in [0, 0.1) is 11.3 Å². The Labute approximate surface area is 134 Å². The minimum Gasteiger partial charge on any atom is -0.456 e. The van der Waals surface area contributed by atoms with Crippen molar-refractivity contribution in [3.63, 3.8) is 0 Å². The van der Waals surface area contributed by atoms with Gasteiger partial charge in [0.25, 0.3) is 0 Å². The lowest BCUT2D eigenvalue weighted by molar-refractivity contribution is -0.119. The van der Waals surface area contributed by atoms with Crippen LogP contribution >= 0.6 is 0 Å². The predicted octanol–water partition coefficient (Wildman–Crippen LogP) is 2.63. The molecule has 3 N–H and O–H groups in total. The van der Waals surface area contributed by atoms with Crippen LogP contribution in [0.5, 0.6) is 11.5 Å². The molecule has 2 aromatic carbocycles. The van der Waals surface area contributed by atoms with Crippen LogP contribution in [0.1, 0.15) is 30.0 Å². The molecule has 0 aliphatic carbocycles. The summed E-state index contributed by atoms with van der Waals surface area (Å²) in [6.07, 6.45) is 1.64. The third kappa shape index (κ3) is 3.33. The first-order valence-corrected chi connectivity index (χ1v) is 7.49. The number of primary amides is 1. The molecule has 23 heavy (non-hydrogen) atoms. The maximum Gasteiger partial charge on any atom is 0.234 e. The highest BCUT2D eigenvalue weighted by atomic mass is 16.5. The maximum atomic E-state index is 11.2. The molecule has 2 atom stereocenters. The van der Waals surface area contributed by atoms with Gasteiger partial charge in [-0.15, -0.1) is 0 Å². The van der Waals surface area contributed by atoms with Gasteiger partial charge in [-0.25, -0.2) is 0 Å². The Kier molecular flexibility index (Phi) is 4.26. The number of ether oxygens (including phenoxy) is 1. The Morgan fingerprint density at radius 1 is 1.17 bits per heavy atom. The monoisotopic (exact) mass is 307 g/mol. The maximum absolute atomic E-state index is 11.2. The Morgan fingerprint density at radius 2 is 1.91 bits per heavy atom. The number of nitrogens with zero attached hydrogens (tertiary/aromatic N) is 1. The summed E-state index contributed by atoms with van der Waals surface area (Å²) in [4.78, 5) is 11.2. The number of para-hydroxylation sites is 1. The van der Waals surface area contributed by atoms with Gasteiger partial charge in [-0.05, 0) is 42.7 Å². The van der Waals surface area contributed by atoms with Gasteiger partial charge in [0.05, 0.1) is 11.6 Å². The quantitative estimate of drug-likeness (QED) is 0.909. The summed E-state index contributed by atoms with van der Waals surface area (Å²) in [7, 11) is 0. The fraction of sp³-hybridized carbons (Fsp3) is 0.222. The Balaban J connectivity index is 1.71. The van der Waals surface area contributed by atoms with Gasteiger partial charge in [0.1, 0.15) is 17.6 Å². The lowest BCUT2D eigenvalue weighted by atomic mass is 10.1. The highest BCUT2D eigenvalue weighted by Gasteiger charge is 2.28. The largest absolute Gasteiger partial charge is 0.456 e. The SMILES string of the molecule is N#Cc1ccccc1Oc1ccc([C@H]2CC[C@@H](C(N)=O)N2)cc1. The van der Waals surface area contributed by atoms with Crippen molar-refractivity contribution in [1.29, 1.82) is 5.26 Å². The van der Waals surface area contributed by atoms with Gasteiger partial charge in [0.2, 0.25) is 5.91 Å². The molecule has 1 aliphatic rings. The number of amides is 1. The van der Waals surface area contributed by atoms with Gasteiger partial charge in [0, 0.05) is 6.04 Å². The topological polar surface area (TPSA) is 88.1 Å². The van der Waals surface area contributed by atoms with E-state index in [1.165, 1.54) is 0 Å². The van der Waals surface area contributed by atoms with Crippen LogP contribution in [0.15, 0.2) is 48.5 Å². The minimum absolute atomic E-state index is 0.132. The zero-order valence-electron chi connectivity index (χ0n) is 12.5. The molecule has 0 aromatic heterocycles. The molecule has 0 spiro atoms. The third-order valence-electron chi connectivity index (χ3n) is 4.01. The molecule has 1 aliphatic heterocycles. The lowest BCUT2D eigenvalue weighted by Gasteiger charge is -2.13. The number of nitrogens with two attached hydrogens (primary N) is 1. The Bertz CT molecular complexity index is 750. The highest BCUT2D eigenvalue weighted by Crippen LogP contribution is 2.29. The number of carbonyl (C=O) groups excluding carboxylic acids is 1. The summed E-state index contributed by atoms with van der Waals surface area (Å²) in [5.74, 6) is 0.900. The molecule has 0 unspecified atom stereocenters. The summed E-state index contributed by atoms with van der Waals surface area (Å²) < 4.78 is 5.76. The number of hydrogen-bond acceptors (Lipinski definition) is 4. The van der Waals surface area contributed by atoms with E-state index in [1.54, 1.807) is 18.2 Å². The first-order valence-electron chi connectivity index (χ1n) is 7.49. The summed E-state index contributed by atoms with van der Waals surface area (Å²) in [5, 5.41) is 12.3. The van der Waals surface area contributed by atoms with Gasteiger partial charge < -0.3 is 10.5 Å². The lowest BCUT2D eigenvalue weighted by Crippen LogP contribution is -2.37. The van der Waals surface area contributed by atoms with Crippen molar-refractivity contribution >= 4 is 5.91 Å². The number of carbonyl (C=O) groups is 1. The van der Waals surface area contributed by atoms with Crippen LogP contribution in [-0.2, 0) is 4.79 Å². The zero-order valence-corrected chi connectivity index (χ0v) is 12.5. The highest BCUT2D eigenvalue weighted by molar-refractivity contribution is 5.80. The molecule has 116 valence electrons. The zero-order chi connectivity index (χ0) is 16.2. The van der Waals surface area contributed by atoms with Gasteiger partial charge in [-0.3, -0.25) is 10.1 Å². The average Bonchev–Trinajstić information content (AvgIpc) is 3.06. The smallest absolute Gasteiger partial charge is 0.234 e. The van der Waals surface area contributed by atoms with Gasteiger partial charge in [0.15, 0.2) is 0 Å². The van der Waals surface area contributed by atoms with Crippen LogP contribution in [-0.4, -0.2) is 11.9 Å². The minimum atomic E-state index is -0.305. The fourth-order valence-corrected chi connectivity index (χ4v) is 2.77. The molecule has 1 heterocycles. The summed E-state index contributed by atoms with van der Waals surface area (Å²) in [5.41, 5.74) is 6.92. The fourth-order valence-electron chi connectivity index (χ4n) is 2.77. The van der Waals surface area contributed by atoms with E-state index in [0.717, 1.165) is 18.4 Å². The second-order valence-corrected chi connectivity index (χ2v) is 5.53. The molecule has 1 fully saturated rings. The molecule has 2 aromatic rings.